The summed E-state index contributed by atoms with van der Waals surface area (Å²) in [5.74, 6) is 0.456. The molecular weight excluding hydrogens is 322 g/mol. The van der Waals surface area contributed by atoms with Gasteiger partial charge in [0.1, 0.15) is 6.26 Å². The average Bonchev–Trinajstić information content (AvgIpc) is 3.11. The number of hydrogen-bond acceptors (Lipinski definition) is 6. The van der Waals surface area contributed by atoms with Crippen LogP contribution >= 0.6 is 0 Å². The van der Waals surface area contributed by atoms with Gasteiger partial charge in [-0.15, -0.1) is 0 Å². The van der Waals surface area contributed by atoms with E-state index in [1.54, 1.807) is 18.4 Å². The number of aliphatic hydroxyl groups excluding tert-OH is 1. The molecule has 0 bridgehead atoms. The standard InChI is InChI=1S/C18H23N3O4/c22-11-10-20(16-4-2-1-3-5-16)12-15-13-25-18(19-15)14-6-8-17(9-7-14)21(23)24/h6-9,13,16,22H,1-5,10-12H2. The molecule has 1 aliphatic rings. The van der Waals surface area contributed by atoms with Gasteiger partial charge in [-0.05, 0) is 25.0 Å². The van der Waals surface area contributed by atoms with Crippen LogP contribution in [0.15, 0.2) is 34.9 Å². The molecule has 1 saturated carbocycles. The average molecular weight is 345 g/mol. The van der Waals surface area contributed by atoms with E-state index in [2.05, 4.69) is 9.88 Å². The van der Waals surface area contributed by atoms with Crippen LogP contribution in [0.3, 0.4) is 0 Å². The van der Waals surface area contributed by atoms with Gasteiger partial charge in [0, 0.05) is 36.8 Å². The Balaban J connectivity index is 1.69. The number of aliphatic hydroxyl groups is 1. The van der Waals surface area contributed by atoms with Crippen LogP contribution in [0, 0.1) is 10.1 Å². The zero-order chi connectivity index (χ0) is 17.6. The SMILES string of the molecule is O=[N+]([O-])c1ccc(-c2nc(CN(CCO)C3CCCCC3)co2)cc1. The van der Waals surface area contributed by atoms with Gasteiger partial charge in [-0.3, -0.25) is 15.0 Å². The van der Waals surface area contributed by atoms with Crippen molar-refractivity contribution in [3.63, 3.8) is 0 Å². The van der Waals surface area contributed by atoms with Crippen LogP contribution in [-0.2, 0) is 6.54 Å². The van der Waals surface area contributed by atoms with E-state index in [1.165, 1.54) is 31.4 Å². The minimum Gasteiger partial charge on any atom is -0.444 e. The quantitative estimate of drug-likeness (QED) is 0.611. The lowest BCUT2D eigenvalue weighted by Crippen LogP contribution is -2.38. The molecule has 0 unspecified atom stereocenters. The lowest BCUT2D eigenvalue weighted by molar-refractivity contribution is -0.384. The second-order valence-corrected chi connectivity index (χ2v) is 6.43. The topological polar surface area (TPSA) is 92.6 Å². The van der Waals surface area contributed by atoms with E-state index in [1.807, 2.05) is 0 Å². The van der Waals surface area contributed by atoms with E-state index in [9.17, 15) is 15.2 Å². The first-order valence-electron chi connectivity index (χ1n) is 8.71. The third-order valence-electron chi connectivity index (χ3n) is 4.72. The molecule has 1 heterocycles. The van der Waals surface area contributed by atoms with E-state index in [-0.39, 0.29) is 12.3 Å². The Morgan fingerprint density at radius 3 is 2.60 bits per heavy atom. The van der Waals surface area contributed by atoms with Gasteiger partial charge < -0.3 is 9.52 Å². The number of aromatic nitrogens is 1. The summed E-state index contributed by atoms with van der Waals surface area (Å²) in [7, 11) is 0. The smallest absolute Gasteiger partial charge is 0.269 e. The minimum atomic E-state index is -0.429. The first-order valence-corrected chi connectivity index (χ1v) is 8.71. The molecule has 7 heteroatoms. The fraction of sp³-hybridized carbons (Fsp3) is 0.500. The Morgan fingerprint density at radius 1 is 1.24 bits per heavy atom. The number of hydrogen-bond donors (Lipinski definition) is 1. The highest BCUT2D eigenvalue weighted by molar-refractivity contribution is 5.55. The molecule has 1 aromatic heterocycles. The van der Waals surface area contributed by atoms with E-state index >= 15 is 0 Å². The number of oxazole rings is 1. The Bertz CT molecular complexity index is 693. The molecule has 0 atom stereocenters. The van der Waals surface area contributed by atoms with Crippen LogP contribution in [0.5, 0.6) is 0 Å². The number of nitro benzene ring substituents is 1. The summed E-state index contributed by atoms with van der Waals surface area (Å²) in [4.78, 5) is 17.1. The maximum atomic E-state index is 10.7. The van der Waals surface area contributed by atoms with Crippen LogP contribution in [0.1, 0.15) is 37.8 Å². The Hall–Kier alpha value is -2.25. The van der Waals surface area contributed by atoms with Crippen LogP contribution < -0.4 is 0 Å². The number of rotatable bonds is 7. The normalized spacial score (nSPS) is 15.6. The van der Waals surface area contributed by atoms with Crippen molar-refractivity contribution >= 4 is 5.69 Å². The molecule has 134 valence electrons. The van der Waals surface area contributed by atoms with Crippen LogP contribution in [0.25, 0.3) is 11.5 Å². The Kier molecular flexibility index (Phi) is 5.78. The molecular formula is C18H23N3O4. The zero-order valence-corrected chi connectivity index (χ0v) is 14.1. The maximum absolute atomic E-state index is 10.7. The second kappa shape index (κ2) is 8.22. The van der Waals surface area contributed by atoms with Gasteiger partial charge in [-0.1, -0.05) is 19.3 Å². The third kappa shape index (κ3) is 4.43. The summed E-state index contributed by atoms with van der Waals surface area (Å²) >= 11 is 0. The highest BCUT2D eigenvalue weighted by Gasteiger charge is 2.22. The fourth-order valence-corrected chi connectivity index (χ4v) is 3.41. The second-order valence-electron chi connectivity index (χ2n) is 6.43. The minimum absolute atomic E-state index is 0.0435. The van der Waals surface area contributed by atoms with Crippen molar-refractivity contribution < 1.29 is 14.4 Å². The molecule has 1 N–H and O–H groups in total. The van der Waals surface area contributed by atoms with Gasteiger partial charge in [-0.25, -0.2) is 4.98 Å². The number of non-ortho nitro benzene ring substituents is 1. The van der Waals surface area contributed by atoms with E-state index < -0.39 is 4.92 Å². The van der Waals surface area contributed by atoms with Gasteiger partial charge in [-0.2, -0.15) is 0 Å². The van der Waals surface area contributed by atoms with Gasteiger partial charge in [0.2, 0.25) is 5.89 Å². The molecule has 0 aliphatic heterocycles. The molecule has 0 amide bonds. The maximum Gasteiger partial charge on any atom is 0.269 e. The molecule has 2 aromatic rings. The first kappa shape index (κ1) is 17.6. The molecule has 1 aromatic carbocycles. The largest absolute Gasteiger partial charge is 0.444 e. The van der Waals surface area contributed by atoms with Crippen molar-refractivity contribution in [2.45, 2.75) is 44.7 Å². The Morgan fingerprint density at radius 2 is 1.96 bits per heavy atom. The molecule has 1 aliphatic carbocycles. The van der Waals surface area contributed by atoms with Crippen molar-refractivity contribution in [3.05, 3.63) is 46.3 Å². The summed E-state index contributed by atoms with van der Waals surface area (Å²) in [5, 5.41) is 20.1. The number of nitro groups is 1. The summed E-state index contributed by atoms with van der Waals surface area (Å²) in [6.45, 7) is 1.40. The molecule has 7 nitrogen and oxygen atoms in total. The van der Waals surface area contributed by atoms with Crippen molar-refractivity contribution in [2.24, 2.45) is 0 Å². The molecule has 0 radical (unpaired) electrons. The van der Waals surface area contributed by atoms with Crippen LogP contribution in [0.2, 0.25) is 0 Å². The highest BCUT2D eigenvalue weighted by atomic mass is 16.6. The predicted octanol–water partition coefficient (Wildman–Crippen LogP) is 3.38. The third-order valence-corrected chi connectivity index (χ3v) is 4.72. The van der Waals surface area contributed by atoms with Crippen molar-refractivity contribution in [2.75, 3.05) is 13.2 Å². The zero-order valence-electron chi connectivity index (χ0n) is 14.1. The number of benzene rings is 1. The van der Waals surface area contributed by atoms with Gasteiger partial charge >= 0.3 is 0 Å². The van der Waals surface area contributed by atoms with Crippen molar-refractivity contribution in [1.29, 1.82) is 0 Å². The van der Waals surface area contributed by atoms with Crippen molar-refractivity contribution in [3.8, 4) is 11.5 Å². The summed E-state index contributed by atoms with van der Waals surface area (Å²) in [6.07, 6.45) is 7.71. The molecule has 0 saturated heterocycles. The van der Waals surface area contributed by atoms with E-state index in [4.69, 9.17) is 4.42 Å². The molecule has 3 rings (SSSR count). The molecule has 25 heavy (non-hydrogen) atoms. The van der Waals surface area contributed by atoms with Gasteiger partial charge in [0.05, 0.1) is 17.2 Å². The lowest BCUT2D eigenvalue weighted by Gasteiger charge is -2.33. The van der Waals surface area contributed by atoms with E-state index in [0.717, 1.165) is 18.5 Å². The summed E-state index contributed by atoms with van der Waals surface area (Å²) in [5.41, 5.74) is 1.57. The van der Waals surface area contributed by atoms with Crippen LogP contribution in [0.4, 0.5) is 5.69 Å². The number of nitrogens with zero attached hydrogens (tertiary/aromatic N) is 3. The predicted molar refractivity (Wildman–Crippen MR) is 93.0 cm³/mol. The van der Waals surface area contributed by atoms with Crippen LogP contribution in [-0.4, -0.2) is 39.1 Å². The van der Waals surface area contributed by atoms with Gasteiger partial charge in [0.25, 0.3) is 5.69 Å². The van der Waals surface area contributed by atoms with Crippen molar-refractivity contribution in [1.82, 2.24) is 9.88 Å². The monoisotopic (exact) mass is 345 g/mol. The Labute approximate surface area is 146 Å². The summed E-state index contributed by atoms with van der Waals surface area (Å²) in [6, 6.07) is 6.65. The van der Waals surface area contributed by atoms with Gasteiger partial charge in [0.15, 0.2) is 0 Å². The molecule has 0 spiro atoms. The first-order chi connectivity index (χ1) is 12.2. The molecule has 1 fully saturated rings. The highest BCUT2D eigenvalue weighted by Crippen LogP contribution is 2.25. The van der Waals surface area contributed by atoms with E-state index in [0.29, 0.717) is 30.6 Å². The lowest BCUT2D eigenvalue weighted by atomic mass is 9.94. The summed E-state index contributed by atoms with van der Waals surface area (Å²) < 4.78 is 5.55. The fourth-order valence-electron chi connectivity index (χ4n) is 3.41.